The number of hydrogen-bond donors (Lipinski definition) is 0. The van der Waals surface area contributed by atoms with E-state index in [1.165, 1.54) is 12.1 Å². The maximum atomic E-state index is 14.2. The van der Waals surface area contributed by atoms with Crippen molar-refractivity contribution < 1.29 is 27.1 Å². The van der Waals surface area contributed by atoms with Crippen LogP contribution in [0.2, 0.25) is 0 Å². The van der Waals surface area contributed by atoms with Gasteiger partial charge in [0.05, 0.1) is 11.5 Å². The fourth-order valence-corrected chi connectivity index (χ4v) is 5.61. The van der Waals surface area contributed by atoms with E-state index >= 15 is 0 Å². The van der Waals surface area contributed by atoms with Crippen molar-refractivity contribution in [3.05, 3.63) is 24.0 Å². The maximum Gasteiger partial charge on any atom is 0.410 e. The highest BCUT2D eigenvalue weighted by molar-refractivity contribution is 7.90. The molecule has 4 rings (SSSR count). The first-order valence-electron chi connectivity index (χ1n) is 11.3. The monoisotopic (exact) mass is 468 g/mol. The van der Waals surface area contributed by atoms with Gasteiger partial charge in [-0.25, -0.2) is 17.6 Å². The van der Waals surface area contributed by atoms with Gasteiger partial charge in [-0.15, -0.1) is 0 Å². The third kappa shape index (κ3) is 5.20. The van der Waals surface area contributed by atoms with Crippen molar-refractivity contribution >= 4 is 15.9 Å². The fourth-order valence-electron chi connectivity index (χ4n) is 4.98. The van der Waals surface area contributed by atoms with Crippen LogP contribution in [0.1, 0.15) is 46.5 Å². The zero-order valence-corrected chi connectivity index (χ0v) is 20.0. The lowest BCUT2D eigenvalue weighted by atomic mass is 9.86. The molecule has 0 radical (unpaired) electrons. The SMILES string of the molecule is CC(C)(C)OC(=O)N1CC2C(C1)N2[C@H]1CC[C@H](COc2ccc(S(C)(=O)=O)cc2F)CC1. The largest absolute Gasteiger partial charge is 0.490 e. The molecular weight excluding hydrogens is 435 g/mol. The van der Waals surface area contributed by atoms with E-state index in [4.69, 9.17) is 9.47 Å². The minimum absolute atomic E-state index is 0.0443. The van der Waals surface area contributed by atoms with E-state index in [1.54, 1.807) is 0 Å². The zero-order valence-electron chi connectivity index (χ0n) is 19.2. The molecule has 3 aliphatic rings. The Morgan fingerprint density at radius 3 is 2.28 bits per heavy atom. The summed E-state index contributed by atoms with van der Waals surface area (Å²) in [5, 5.41) is 0. The first-order chi connectivity index (χ1) is 14.9. The molecule has 0 spiro atoms. The van der Waals surface area contributed by atoms with Gasteiger partial charge in [0.15, 0.2) is 21.4 Å². The molecule has 0 bridgehead atoms. The molecule has 2 atom stereocenters. The van der Waals surface area contributed by atoms with Gasteiger partial charge in [0.25, 0.3) is 0 Å². The van der Waals surface area contributed by atoms with Crippen LogP contribution in [0.15, 0.2) is 23.1 Å². The Kier molecular flexibility index (Phi) is 6.17. The molecule has 2 saturated heterocycles. The van der Waals surface area contributed by atoms with Gasteiger partial charge in [-0.2, -0.15) is 0 Å². The summed E-state index contributed by atoms with van der Waals surface area (Å²) in [5.41, 5.74) is -0.470. The predicted octanol–water partition coefficient (Wildman–Crippen LogP) is 3.47. The molecule has 32 heavy (non-hydrogen) atoms. The molecule has 7 nitrogen and oxygen atoms in total. The number of fused-ring (bicyclic) bond motifs is 1. The summed E-state index contributed by atoms with van der Waals surface area (Å²) in [6, 6.07) is 5.22. The molecule has 9 heteroatoms. The lowest BCUT2D eigenvalue weighted by Gasteiger charge is -2.32. The number of benzene rings is 1. The fraction of sp³-hybridized carbons (Fsp3) is 0.696. The first-order valence-corrected chi connectivity index (χ1v) is 13.2. The van der Waals surface area contributed by atoms with Gasteiger partial charge in [0, 0.05) is 37.5 Å². The molecule has 3 fully saturated rings. The van der Waals surface area contributed by atoms with Crippen LogP contribution in [-0.4, -0.2) is 74.0 Å². The standard InChI is InChI=1S/C23H33FN2O5S/c1-23(2,3)31-22(27)25-12-19-20(13-25)26(19)16-7-5-15(6-8-16)14-30-21-10-9-17(11-18(21)24)32(4,28)29/h9-11,15-16,19-20H,5-8,12-14H2,1-4H3/t15-,16-,19?,20?,26?. The third-order valence-electron chi connectivity index (χ3n) is 6.63. The number of likely N-dealkylation sites (tertiary alicyclic amines) is 1. The summed E-state index contributed by atoms with van der Waals surface area (Å²) in [7, 11) is -3.44. The molecule has 0 N–H and O–H groups in total. The molecule has 2 heterocycles. The predicted molar refractivity (Wildman–Crippen MR) is 118 cm³/mol. The van der Waals surface area contributed by atoms with Crippen molar-refractivity contribution in [1.29, 1.82) is 0 Å². The van der Waals surface area contributed by atoms with E-state index in [0.717, 1.165) is 51.1 Å². The maximum absolute atomic E-state index is 14.2. The Morgan fingerprint density at radius 2 is 1.75 bits per heavy atom. The normalized spacial score (nSPS) is 30.0. The van der Waals surface area contributed by atoms with Crippen LogP contribution >= 0.6 is 0 Å². The minimum Gasteiger partial charge on any atom is -0.490 e. The summed E-state index contributed by atoms with van der Waals surface area (Å²) in [4.78, 5) is 16.6. The van der Waals surface area contributed by atoms with Crippen molar-refractivity contribution in [2.45, 2.75) is 75.1 Å². The zero-order chi connectivity index (χ0) is 23.3. The van der Waals surface area contributed by atoms with Crippen LogP contribution in [0, 0.1) is 11.7 Å². The smallest absolute Gasteiger partial charge is 0.410 e. The number of rotatable bonds is 5. The van der Waals surface area contributed by atoms with Crippen LogP contribution in [0.3, 0.4) is 0 Å². The van der Waals surface area contributed by atoms with Crippen molar-refractivity contribution in [3.63, 3.8) is 0 Å². The van der Waals surface area contributed by atoms with Crippen LogP contribution in [0.25, 0.3) is 0 Å². The molecule has 2 unspecified atom stereocenters. The number of carbonyl (C=O) groups is 1. The second kappa shape index (κ2) is 8.48. The number of nitrogens with zero attached hydrogens (tertiary/aromatic N) is 2. The number of hydrogen-bond acceptors (Lipinski definition) is 6. The molecule has 1 saturated carbocycles. The summed E-state index contributed by atoms with van der Waals surface area (Å²) >= 11 is 0. The Hall–Kier alpha value is -1.87. The highest BCUT2D eigenvalue weighted by atomic mass is 32.2. The number of amides is 1. The summed E-state index contributed by atoms with van der Waals surface area (Å²) < 4.78 is 48.4. The minimum atomic E-state index is -3.44. The lowest BCUT2D eigenvalue weighted by molar-refractivity contribution is 0.0244. The van der Waals surface area contributed by atoms with Crippen molar-refractivity contribution in [2.24, 2.45) is 5.92 Å². The van der Waals surface area contributed by atoms with E-state index in [2.05, 4.69) is 4.90 Å². The van der Waals surface area contributed by atoms with Crippen molar-refractivity contribution in [3.8, 4) is 5.75 Å². The van der Waals surface area contributed by atoms with Gasteiger partial charge in [-0.05, 0) is 70.6 Å². The average molecular weight is 469 g/mol. The van der Waals surface area contributed by atoms with E-state index in [1.807, 2.05) is 25.7 Å². The topological polar surface area (TPSA) is 75.9 Å². The van der Waals surface area contributed by atoms with Gasteiger partial charge in [0.1, 0.15) is 5.60 Å². The van der Waals surface area contributed by atoms with Crippen LogP contribution in [0.4, 0.5) is 9.18 Å². The van der Waals surface area contributed by atoms with E-state index in [0.29, 0.717) is 30.7 Å². The van der Waals surface area contributed by atoms with Crippen molar-refractivity contribution in [1.82, 2.24) is 9.80 Å². The Balaban J connectivity index is 1.20. The number of carbonyl (C=O) groups excluding carboxylic acids is 1. The molecule has 178 valence electrons. The number of halogens is 1. The first kappa shape index (κ1) is 23.3. The quantitative estimate of drug-likeness (QED) is 0.616. The third-order valence-corrected chi connectivity index (χ3v) is 7.74. The van der Waals surface area contributed by atoms with Crippen LogP contribution < -0.4 is 4.74 Å². The van der Waals surface area contributed by atoms with Gasteiger partial charge < -0.3 is 14.4 Å². The highest BCUT2D eigenvalue weighted by Gasteiger charge is 2.57. The van der Waals surface area contributed by atoms with E-state index in [-0.39, 0.29) is 16.7 Å². The number of ether oxygens (including phenoxy) is 2. The molecule has 2 aliphatic heterocycles. The van der Waals surface area contributed by atoms with E-state index in [9.17, 15) is 17.6 Å². The van der Waals surface area contributed by atoms with Gasteiger partial charge in [-0.3, -0.25) is 4.90 Å². The Morgan fingerprint density at radius 1 is 1.12 bits per heavy atom. The van der Waals surface area contributed by atoms with Gasteiger partial charge in [0.2, 0.25) is 0 Å². The molecular formula is C23H33FN2O5S. The molecule has 1 amide bonds. The molecule has 1 aromatic carbocycles. The lowest BCUT2D eigenvalue weighted by Crippen LogP contribution is -2.41. The second-order valence-electron chi connectivity index (χ2n) is 10.3. The van der Waals surface area contributed by atoms with Crippen LogP contribution in [-0.2, 0) is 14.6 Å². The summed E-state index contributed by atoms with van der Waals surface area (Å²) in [6.07, 6.45) is 5.01. The van der Waals surface area contributed by atoms with Crippen LogP contribution in [0.5, 0.6) is 5.75 Å². The van der Waals surface area contributed by atoms with Crippen molar-refractivity contribution in [2.75, 3.05) is 26.0 Å². The summed E-state index contributed by atoms with van der Waals surface area (Å²) in [5.74, 6) is -0.186. The Labute approximate surface area is 189 Å². The molecule has 1 aromatic rings. The Bertz CT molecular complexity index is 957. The van der Waals surface area contributed by atoms with Gasteiger partial charge >= 0.3 is 6.09 Å². The molecule has 0 aromatic heterocycles. The van der Waals surface area contributed by atoms with Gasteiger partial charge in [-0.1, -0.05) is 0 Å². The highest BCUT2D eigenvalue weighted by Crippen LogP contribution is 2.43. The number of piperazine rings is 1. The average Bonchev–Trinajstić information content (AvgIpc) is 3.18. The summed E-state index contributed by atoms with van der Waals surface area (Å²) in [6.45, 7) is 7.57. The molecule has 1 aliphatic carbocycles. The second-order valence-corrected chi connectivity index (χ2v) is 12.3. The van der Waals surface area contributed by atoms with E-state index < -0.39 is 21.3 Å². The number of sulfone groups is 1.